The normalized spacial score (nSPS) is 14.5. The third kappa shape index (κ3) is 4.79. The fourth-order valence-corrected chi connectivity index (χ4v) is 5.88. The average Bonchev–Trinajstić information content (AvgIpc) is 3.67. The highest BCUT2D eigenvalue weighted by Gasteiger charge is 2.29. The van der Waals surface area contributed by atoms with Crippen LogP contribution < -0.4 is 10.2 Å². The van der Waals surface area contributed by atoms with Gasteiger partial charge in [0.15, 0.2) is 0 Å². The Morgan fingerprint density at radius 1 is 1.08 bits per heavy atom. The summed E-state index contributed by atoms with van der Waals surface area (Å²) in [6, 6.07) is 19.9. The maximum atomic E-state index is 13.8. The summed E-state index contributed by atoms with van der Waals surface area (Å²) in [5.41, 5.74) is 6.01. The van der Waals surface area contributed by atoms with Gasteiger partial charge in [-0.15, -0.1) is 11.3 Å². The molecule has 37 heavy (non-hydrogen) atoms. The van der Waals surface area contributed by atoms with Crippen LogP contribution >= 0.6 is 11.3 Å². The molecule has 3 aromatic heterocycles. The standard InChI is InChI=1S/C30H28N4O2S/c1-2-6-21-12-11-20(18-31-21)24-8-5-9-25(33-24)30(36)34-16-15-19-17-27(29(35)32-22-13-14-22)37-28(19)23-7-3-4-10-26(23)34/h3-5,7-12,17-18,22H,2,6,13-16H2,1H3,(H,32,35). The van der Waals surface area contributed by atoms with Gasteiger partial charge in [0.2, 0.25) is 0 Å². The smallest absolute Gasteiger partial charge is 0.276 e. The molecule has 1 aliphatic carbocycles. The van der Waals surface area contributed by atoms with Crippen molar-refractivity contribution in [2.75, 3.05) is 11.4 Å². The van der Waals surface area contributed by atoms with Crippen LogP contribution in [0.25, 0.3) is 21.7 Å². The summed E-state index contributed by atoms with van der Waals surface area (Å²) >= 11 is 1.51. The van der Waals surface area contributed by atoms with Crippen molar-refractivity contribution in [2.24, 2.45) is 0 Å². The van der Waals surface area contributed by atoms with Crippen LogP contribution in [0.2, 0.25) is 0 Å². The Bertz CT molecular complexity index is 1470. The molecule has 1 N–H and O–H groups in total. The number of fused-ring (bicyclic) bond motifs is 3. The molecule has 0 bridgehead atoms. The van der Waals surface area contributed by atoms with Crippen molar-refractivity contribution < 1.29 is 9.59 Å². The lowest BCUT2D eigenvalue weighted by Crippen LogP contribution is -2.33. The number of hydrogen-bond donors (Lipinski definition) is 1. The molecule has 186 valence electrons. The highest BCUT2D eigenvalue weighted by atomic mass is 32.1. The van der Waals surface area contributed by atoms with E-state index in [4.69, 9.17) is 4.98 Å². The van der Waals surface area contributed by atoms with Crippen molar-refractivity contribution in [2.45, 2.75) is 45.1 Å². The molecule has 4 heterocycles. The number of aromatic nitrogens is 2. The maximum absolute atomic E-state index is 13.8. The first-order chi connectivity index (χ1) is 18.1. The molecule has 1 fully saturated rings. The van der Waals surface area contributed by atoms with Gasteiger partial charge in [0.1, 0.15) is 5.69 Å². The topological polar surface area (TPSA) is 75.2 Å². The third-order valence-corrected chi connectivity index (χ3v) is 8.04. The number of hydrogen-bond acceptors (Lipinski definition) is 5. The SMILES string of the molecule is CCCc1ccc(-c2cccc(C(=O)N3CCc4cc(C(=O)NC5CC5)sc4-c4ccccc43)n2)cn1. The lowest BCUT2D eigenvalue weighted by atomic mass is 10.1. The molecule has 2 amide bonds. The van der Waals surface area contributed by atoms with E-state index in [0.717, 1.165) is 69.2 Å². The number of nitrogens with one attached hydrogen (secondary N) is 1. The quantitative estimate of drug-likeness (QED) is 0.351. The number of nitrogens with zero attached hydrogens (tertiary/aromatic N) is 3. The molecular formula is C30H28N4O2S. The summed E-state index contributed by atoms with van der Waals surface area (Å²) in [5.74, 6) is -0.129. The summed E-state index contributed by atoms with van der Waals surface area (Å²) in [6.07, 6.45) is 6.62. The van der Waals surface area contributed by atoms with Gasteiger partial charge >= 0.3 is 0 Å². The molecule has 0 radical (unpaired) electrons. The fourth-order valence-electron chi connectivity index (χ4n) is 4.74. The van der Waals surface area contributed by atoms with E-state index in [-0.39, 0.29) is 11.8 Å². The van der Waals surface area contributed by atoms with E-state index in [0.29, 0.717) is 24.7 Å². The van der Waals surface area contributed by atoms with E-state index in [1.807, 2.05) is 65.7 Å². The second-order valence-electron chi connectivity index (χ2n) is 9.63. The predicted molar refractivity (Wildman–Crippen MR) is 147 cm³/mol. The minimum atomic E-state index is -0.133. The van der Waals surface area contributed by atoms with Gasteiger partial charge < -0.3 is 10.2 Å². The van der Waals surface area contributed by atoms with Gasteiger partial charge in [0, 0.05) is 40.5 Å². The number of benzene rings is 1. The molecule has 0 spiro atoms. The first kappa shape index (κ1) is 23.6. The minimum absolute atomic E-state index is 0.00391. The van der Waals surface area contributed by atoms with Crippen LogP contribution in [0.1, 0.15) is 57.6 Å². The Labute approximate surface area is 220 Å². The number of pyridine rings is 2. The molecule has 4 aromatic rings. The van der Waals surface area contributed by atoms with Crippen LogP contribution in [0.3, 0.4) is 0 Å². The number of rotatable bonds is 6. The van der Waals surface area contributed by atoms with Crippen molar-refractivity contribution in [3.63, 3.8) is 0 Å². The second kappa shape index (κ2) is 9.90. The van der Waals surface area contributed by atoms with Gasteiger partial charge in [-0.2, -0.15) is 0 Å². The molecule has 2 aliphatic rings. The highest BCUT2D eigenvalue weighted by Crippen LogP contribution is 2.42. The molecule has 0 unspecified atom stereocenters. The summed E-state index contributed by atoms with van der Waals surface area (Å²) in [6.45, 7) is 2.65. The molecule has 6 nitrogen and oxygen atoms in total. The Morgan fingerprint density at radius 2 is 1.95 bits per heavy atom. The molecule has 0 atom stereocenters. The van der Waals surface area contributed by atoms with Crippen LogP contribution in [0, 0.1) is 0 Å². The zero-order valence-corrected chi connectivity index (χ0v) is 21.6. The van der Waals surface area contributed by atoms with Gasteiger partial charge in [-0.25, -0.2) is 4.98 Å². The summed E-state index contributed by atoms with van der Waals surface area (Å²) in [5, 5.41) is 3.09. The zero-order chi connectivity index (χ0) is 25.4. The molecule has 0 saturated heterocycles. The van der Waals surface area contributed by atoms with Crippen LogP contribution in [0.4, 0.5) is 5.69 Å². The van der Waals surface area contributed by atoms with Crippen molar-refractivity contribution in [3.05, 3.63) is 88.7 Å². The molecule has 6 rings (SSSR count). The minimum Gasteiger partial charge on any atom is -0.349 e. The van der Waals surface area contributed by atoms with E-state index in [1.54, 1.807) is 6.07 Å². The number of carbonyl (C=O) groups excluding carboxylic acids is 2. The van der Waals surface area contributed by atoms with Crippen LogP contribution in [0.15, 0.2) is 66.9 Å². The second-order valence-corrected chi connectivity index (χ2v) is 10.7. The summed E-state index contributed by atoms with van der Waals surface area (Å²) in [4.78, 5) is 39.4. The van der Waals surface area contributed by atoms with Crippen LogP contribution in [-0.2, 0) is 12.8 Å². The van der Waals surface area contributed by atoms with E-state index >= 15 is 0 Å². The molecule has 1 aromatic carbocycles. The highest BCUT2D eigenvalue weighted by molar-refractivity contribution is 7.17. The summed E-state index contributed by atoms with van der Waals surface area (Å²) < 4.78 is 0. The van der Waals surface area contributed by atoms with E-state index in [2.05, 4.69) is 17.2 Å². The van der Waals surface area contributed by atoms with Crippen LogP contribution in [-0.4, -0.2) is 34.4 Å². The molecule has 1 saturated carbocycles. The Morgan fingerprint density at radius 3 is 2.73 bits per heavy atom. The van der Waals surface area contributed by atoms with E-state index in [9.17, 15) is 9.59 Å². The van der Waals surface area contributed by atoms with E-state index in [1.165, 1.54) is 11.3 Å². The monoisotopic (exact) mass is 508 g/mol. The van der Waals surface area contributed by atoms with Gasteiger partial charge in [0.05, 0.1) is 16.3 Å². The van der Waals surface area contributed by atoms with Crippen molar-refractivity contribution in [1.29, 1.82) is 0 Å². The first-order valence-electron chi connectivity index (χ1n) is 12.9. The lowest BCUT2D eigenvalue weighted by molar-refractivity contribution is 0.0952. The van der Waals surface area contributed by atoms with Crippen molar-refractivity contribution >= 4 is 28.8 Å². The number of para-hydroxylation sites is 1. The number of amides is 2. The Hall–Kier alpha value is -3.84. The van der Waals surface area contributed by atoms with Gasteiger partial charge in [-0.1, -0.05) is 37.6 Å². The molecular weight excluding hydrogens is 480 g/mol. The van der Waals surface area contributed by atoms with Crippen molar-refractivity contribution in [1.82, 2.24) is 15.3 Å². The van der Waals surface area contributed by atoms with Crippen LogP contribution in [0.5, 0.6) is 0 Å². The molecule has 7 heteroatoms. The Balaban J connectivity index is 1.30. The summed E-state index contributed by atoms with van der Waals surface area (Å²) in [7, 11) is 0. The largest absolute Gasteiger partial charge is 0.349 e. The first-order valence-corrected chi connectivity index (χ1v) is 13.7. The number of aryl methyl sites for hydroxylation is 1. The maximum Gasteiger partial charge on any atom is 0.276 e. The zero-order valence-electron chi connectivity index (χ0n) is 20.7. The number of anilines is 1. The fraction of sp³-hybridized carbons (Fsp3) is 0.267. The van der Waals surface area contributed by atoms with Gasteiger partial charge in [0.25, 0.3) is 11.8 Å². The lowest BCUT2D eigenvalue weighted by Gasteiger charge is -2.23. The molecule has 1 aliphatic heterocycles. The average molecular weight is 509 g/mol. The number of carbonyl (C=O) groups is 2. The number of thiophene rings is 1. The van der Waals surface area contributed by atoms with Crippen molar-refractivity contribution in [3.8, 4) is 21.7 Å². The predicted octanol–water partition coefficient (Wildman–Crippen LogP) is 5.92. The Kier molecular flexibility index (Phi) is 6.30. The van der Waals surface area contributed by atoms with Gasteiger partial charge in [-0.05, 0) is 67.6 Å². The van der Waals surface area contributed by atoms with E-state index < -0.39 is 0 Å². The van der Waals surface area contributed by atoms with Gasteiger partial charge in [-0.3, -0.25) is 14.6 Å². The third-order valence-electron chi connectivity index (χ3n) is 6.83.